The molecule has 1 rings (SSSR count). The van der Waals surface area contributed by atoms with E-state index < -0.39 is 23.1 Å². The van der Waals surface area contributed by atoms with Gasteiger partial charge in [0.25, 0.3) is 5.91 Å². The van der Waals surface area contributed by atoms with Crippen LogP contribution in [0.4, 0.5) is 14.5 Å². The average Bonchev–Trinajstić information content (AvgIpc) is 2.37. The van der Waals surface area contributed by atoms with Crippen LogP contribution in [0.1, 0.15) is 24.2 Å². The molecule has 4 N–H and O–H groups in total. The molecule has 5 nitrogen and oxygen atoms in total. The summed E-state index contributed by atoms with van der Waals surface area (Å²) >= 11 is 0. The summed E-state index contributed by atoms with van der Waals surface area (Å²) in [6.45, 7) is 4.04. The molecule has 7 heteroatoms. The van der Waals surface area contributed by atoms with Crippen molar-refractivity contribution < 1.29 is 18.4 Å². The van der Waals surface area contributed by atoms with Crippen molar-refractivity contribution >= 4 is 17.5 Å². The van der Waals surface area contributed by atoms with E-state index in [4.69, 9.17) is 5.73 Å². The first-order chi connectivity index (χ1) is 9.31. The van der Waals surface area contributed by atoms with E-state index in [9.17, 15) is 18.4 Å². The smallest absolute Gasteiger partial charge is 0.254 e. The highest BCUT2D eigenvalue weighted by Crippen LogP contribution is 2.16. The van der Waals surface area contributed by atoms with Crippen molar-refractivity contribution in [3.05, 3.63) is 29.3 Å². The summed E-state index contributed by atoms with van der Waals surface area (Å²) in [6.07, 6.45) is 0. The molecule has 110 valence electrons. The monoisotopic (exact) mass is 285 g/mol. The highest BCUT2D eigenvalue weighted by Gasteiger charge is 2.15. The molecule has 0 aliphatic heterocycles. The summed E-state index contributed by atoms with van der Waals surface area (Å²) < 4.78 is 26.4. The van der Waals surface area contributed by atoms with Crippen LogP contribution < -0.4 is 16.4 Å². The van der Waals surface area contributed by atoms with Crippen LogP contribution >= 0.6 is 0 Å². The van der Waals surface area contributed by atoms with Gasteiger partial charge in [-0.25, -0.2) is 8.78 Å². The molecular formula is C13H17F2N3O2. The van der Waals surface area contributed by atoms with Crippen molar-refractivity contribution in [1.82, 2.24) is 10.6 Å². The molecule has 0 radical (unpaired) electrons. The van der Waals surface area contributed by atoms with Crippen LogP contribution in [-0.4, -0.2) is 24.9 Å². The third-order valence-corrected chi connectivity index (χ3v) is 2.45. The van der Waals surface area contributed by atoms with Crippen LogP contribution in [0.3, 0.4) is 0 Å². The standard InChI is InChI=1S/C13H17F2N3O2/c1-7(2)5-17-12(19)6-18-13(20)8-3-11(16)10(15)4-9(8)14/h3-4,7H,5-6,16H2,1-2H3,(H,17,19)(H,18,20). The number of nitrogens with one attached hydrogen (secondary N) is 2. The maximum absolute atomic E-state index is 13.4. The zero-order valence-electron chi connectivity index (χ0n) is 11.3. The Kier molecular flexibility index (Phi) is 5.42. The number of amides is 2. The molecule has 1 aromatic carbocycles. The molecule has 0 bridgehead atoms. The van der Waals surface area contributed by atoms with E-state index in [0.29, 0.717) is 12.6 Å². The van der Waals surface area contributed by atoms with Crippen LogP contribution in [0, 0.1) is 17.6 Å². The number of hydrogen-bond donors (Lipinski definition) is 3. The van der Waals surface area contributed by atoms with Gasteiger partial charge in [0.15, 0.2) is 0 Å². The first kappa shape index (κ1) is 15.9. The number of carbonyl (C=O) groups excluding carboxylic acids is 2. The Balaban J connectivity index is 2.59. The van der Waals surface area contributed by atoms with E-state index in [0.717, 1.165) is 6.07 Å². The van der Waals surface area contributed by atoms with Gasteiger partial charge in [-0.15, -0.1) is 0 Å². The van der Waals surface area contributed by atoms with Gasteiger partial charge < -0.3 is 16.4 Å². The lowest BCUT2D eigenvalue weighted by molar-refractivity contribution is -0.120. The fourth-order valence-corrected chi connectivity index (χ4v) is 1.38. The summed E-state index contributed by atoms with van der Waals surface area (Å²) in [5.41, 5.74) is 4.53. The normalized spacial score (nSPS) is 10.4. The predicted molar refractivity (Wildman–Crippen MR) is 71.0 cm³/mol. The van der Waals surface area contributed by atoms with E-state index in [2.05, 4.69) is 10.6 Å². The number of rotatable bonds is 5. The Hall–Kier alpha value is -2.18. The molecule has 0 fully saturated rings. The summed E-state index contributed by atoms with van der Waals surface area (Å²) in [6, 6.07) is 1.43. The molecule has 0 aromatic heterocycles. The van der Waals surface area contributed by atoms with Gasteiger partial charge in [0.05, 0.1) is 17.8 Å². The Morgan fingerprint density at radius 1 is 1.20 bits per heavy atom. The van der Waals surface area contributed by atoms with Crippen LogP contribution in [0.15, 0.2) is 12.1 Å². The lowest BCUT2D eigenvalue weighted by atomic mass is 10.1. The van der Waals surface area contributed by atoms with Gasteiger partial charge in [-0.3, -0.25) is 9.59 Å². The number of anilines is 1. The zero-order valence-corrected chi connectivity index (χ0v) is 11.3. The Bertz CT molecular complexity index is 519. The molecule has 0 unspecified atom stereocenters. The molecular weight excluding hydrogens is 268 g/mol. The third kappa shape index (κ3) is 4.49. The summed E-state index contributed by atoms with van der Waals surface area (Å²) in [7, 11) is 0. The SMILES string of the molecule is CC(C)CNC(=O)CNC(=O)c1cc(N)c(F)cc1F. The topological polar surface area (TPSA) is 84.2 Å². The Labute approximate surface area is 115 Å². The minimum atomic E-state index is -1.03. The fourth-order valence-electron chi connectivity index (χ4n) is 1.38. The predicted octanol–water partition coefficient (Wildman–Crippen LogP) is 1.05. The van der Waals surface area contributed by atoms with Crippen molar-refractivity contribution in [2.45, 2.75) is 13.8 Å². The van der Waals surface area contributed by atoms with E-state index in [1.807, 2.05) is 13.8 Å². The van der Waals surface area contributed by atoms with Gasteiger partial charge in [-0.1, -0.05) is 13.8 Å². The van der Waals surface area contributed by atoms with E-state index in [1.165, 1.54) is 0 Å². The molecule has 0 aliphatic rings. The van der Waals surface area contributed by atoms with E-state index in [1.54, 1.807) is 0 Å². The van der Waals surface area contributed by atoms with E-state index >= 15 is 0 Å². The number of nitrogens with two attached hydrogens (primary N) is 1. The second-order valence-electron chi connectivity index (χ2n) is 4.73. The molecule has 0 saturated carbocycles. The first-order valence-corrected chi connectivity index (χ1v) is 6.10. The fraction of sp³-hybridized carbons (Fsp3) is 0.385. The van der Waals surface area contributed by atoms with Gasteiger partial charge in [0.2, 0.25) is 5.91 Å². The van der Waals surface area contributed by atoms with Gasteiger partial charge >= 0.3 is 0 Å². The molecule has 2 amide bonds. The molecule has 0 atom stereocenters. The lowest BCUT2D eigenvalue weighted by Gasteiger charge is -2.09. The quantitative estimate of drug-likeness (QED) is 0.707. The van der Waals surface area contributed by atoms with Crippen LogP contribution in [0.25, 0.3) is 0 Å². The maximum Gasteiger partial charge on any atom is 0.254 e. The maximum atomic E-state index is 13.4. The van der Waals surface area contributed by atoms with Crippen molar-refractivity contribution in [2.75, 3.05) is 18.8 Å². The second-order valence-corrected chi connectivity index (χ2v) is 4.73. The molecule has 0 heterocycles. The minimum absolute atomic E-state index is 0.281. The summed E-state index contributed by atoms with van der Waals surface area (Å²) in [4.78, 5) is 23.0. The minimum Gasteiger partial charge on any atom is -0.396 e. The molecule has 0 aliphatic carbocycles. The highest BCUT2D eigenvalue weighted by molar-refractivity contribution is 5.97. The number of benzene rings is 1. The molecule has 0 spiro atoms. The zero-order chi connectivity index (χ0) is 15.3. The molecule has 20 heavy (non-hydrogen) atoms. The first-order valence-electron chi connectivity index (χ1n) is 6.10. The highest BCUT2D eigenvalue weighted by atomic mass is 19.1. The average molecular weight is 285 g/mol. The summed E-state index contributed by atoms with van der Waals surface area (Å²) in [5, 5.41) is 4.83. The Morgan fingerprint density at radius 2 is 1.85 bits per heavy atom. The van der Waals surface area contributed by atoms with Crippen LogP contribution in [0.2, 0.25) is 0 Å². The third-order valence-electron chi connectivity index (χ3n) is 2.45. The van der Waals surface area contributed by atoms with Crippen molar-refractivity contribution in [3.63, 3.8) is 0 Å². The van der Waals surface area contributed by atoms with Crippen LogP contribution in [-0.2, 0) is 4.79 Å². The van der Waals surface area contributed by atoms with Gasteiger partial charge in [-0.2, -0.15) is 0 Å². The van der Waals surface area contributed by atoms with Crippen molar-refractivity contribution in [1.29, 1.82) is 0 Å². The largest absolute Gasteiger partial charge is 0.396 e. The number of carbonyl (C=O) groups is 2. The number of halogens is 2. The molecule has 1 aromatic rings. The van der Waals surface area contributed by atoms with E-state index in [-0.39, 0.29) is 24.1 Å². The lowest BCUT2D eigenvalue weighted by Crippen LogP contribution is -2.38. The summed E-state index contributed by atoms with van der Waals surface area (Å²) in [5.74, 6) is -2.90. The Morgan fingerprint density at radius 3 is 2.45 bits per heavy atom. The van der Waals surface area contributed by atoms with Crippen molar-refractivity contribution in [2.24, 2.45) is 5.92 Å². The molecule has 0 saturated heterocycles. The second kappa shape index (κ2) is 6.83. The van der Waals surface area contributed by atoms with Crippen LogP contribution in [0.5, 0.6) is 0 Å². The number of hydrogen-bond acceptors (Lipinski definition) is 3. The van der Waals surface area contributed by atoms with Gasteiger partial charge in [0.1, 0.15) is 11.6 Å². The van der Waals surface area contributed by atoms with Gasteiger partial charge in [0, 0.05) is 12.6 Å². The van der Waals surface area contributed by atoms with Crippen molar-refractivity contribution in [3.8, 4) is 0 Å². The van der Waals surface area contributed by atoms with Gasteiger partial charge in [-0.05, 0) is 12.0 Å². The number of nitrogen functional groups attached to an aromatic ring is 1.